The highest BCUT2D eigenvalue weighted by molar-refractivity contribution is 7.10. The number of aromatic nitrogens is 2. The number of amides is 2. The first kappa shape index (κ1) is 15.7. The van der Waals surface area contributed by atoms with Gasteiger partial charge in [-0.15, -0.1) is 11.3 Å². The molecule has 0 unspecified atom stereocenters. The summed E-state index contributed by atoms with van der Waals surface area (Å²) in [5, 5.41) is 11.4. The third kappa shape index (κ3) is 3.44. The lowest BCUT2D eigenvalue weighted by molar-refractivity contribution is -0.136. The average Bonchev–Trinajstić information content (AvgIpc) is 3.26. The molecule has 1 fully saturated rings. The largest absolute Gasteiger partial charge is 0.347 e. The number of anilines is 1. The number of nitrogens with one attached hydrogen (secondary N) is 2. The third-order valence-corrected chi connectivity index (χ3v) is 5.47. The minimum Gasteiger partial charge on any atom is -0.347 e. The van der Waals surface area contributed by atoms with E-state index in [1.165, 1.54) is 4.88 Å². The molecule has 0 aliphatic heterocycles. The van der Waals surface area contributed by atoms with Crippen LogP contribution in [0.4, 0.5) is 5.82 Å². The van der Waals surface area contributed by atoms with Crippen molar-refractivity contribution in [3.63, 3.8) is 0 Å². The second kappa shape index (κ2) is 6.54. The molecule has 0 saturated heterocycles. The molecule has 2 aromatic rings. The summed E-state index contributed by atoms with van der Waals surface area (Å²) in [5.74, 6) is -0.914. The topological polar surface area (TPSA) is 76.0 Å². The second-order valence-corrected chi connectivity index (χ2v) is 6.92. The molecule has 23 heavy (non-hydrogen) atoms. The highest BCUT2D eigenvalue weighted by atomic mass is 32.1. The van der Waals surface area contributed by atoms with E-state index in [0.717, 1.165) is 25.7 Å². The Kier molecular flexibility index (Phi) is 4.47. The van der Waals surface area contributed by atoms with Crippen LogP contribution >= 0.6 is 11.3 Å². The maximum absolute atomic E-state index is 12.1. The molecule has 1 aliphatic carbocycles. The van der Waals surface area contributed by atoms with Crippen molar-refractivity contribution in [3.8, 4) is 0 Å². The fraction of sp³-hybridized carbons (Fsp3) is 0.438. The van der Waals surface area contributed by atoms with Gasteiger partial charge in [0.15, 0.2) is 5.82 Å². The van der Waals surface area contributed by atoms with Crippen LogP contribution in [0.25, 0.3) is 0 Å². The summed E-state index contributed by atoms with van der Waals surface area (Å²) in [6, 6.07) is 5.81. The first-order valence-corrected chi connectivity index (χ1v) is 8.60. The predicted molar refractivity (Wildman–Crippen MR) is 89.3 cm³/mol. The van der Waals surface area contributed by atoms with E-state index in [0.29, 0.717) is 12.4 Å². The van der Waals surface area contributed by atoms with E-state index in [1.807, 2.05) is 6.07 Å². The summed E-state index contributed by atoms with van der Waals surface area (Å²) < 4.78 is 1.57. The standard InChI is InChI=1S/C16H20N4O2S/c1-20-9-6-13(19-20)18-15(22)14(21)17-11-16(7-2-3-8-16)12-5-4-10-23-12/h4-6,9-10H,2-3,7-8,11H2,1H3,(H,17,21)(H,18,19,22). The van der Waals surface area contributed by atoms with Crippen molar-refractivity contribution in [1.82, 2.24) is 15.1 Å². The van der Waals surface area contributed by atoms with Crippen LogP contribution in [-0.4, -0.2) is 28.1 Å². The molecule has 2 heterocycles. The molecule has 6 nitrogen and oxygen atoms in total. The van der Waals surface area contributed by atoms with Gasteiger partial charge in [-0.1, -0.05) is 18.9 Å². The molecule has 2 amide bonds. The van der Waals surface area contributed by atoms with E-state index in [1.54, 1.807) is 35.3 Å². The molecule has 0 aromatic carbocycles. The Morgan fingerprint density at radius 2 is 2.09 bits per heavy atom. The van der Waals surface area contributed by atoms with E-state index >= 15 is 0 Å². The molecule has 2 aromatic heterocycles. The molecule has 0 radical (unpaired) electrons. The van der Waals surface area contributed by atoms with E-state index in [-0.39, 0.29) is 5.41 Å². The first-order chi connectivity index (χ1) is 11.1. The van der Waals surface area contributed by atoms with Gasteiger partial charge in [-0.2, -0.15) is 5.10 Å². The Balaban J connectivity index is 1.60. The van der Waals surface area contributed by atoms with Gasteiger partial charge in [0.2, 0.25) is 0 Å². The van der Waals surface area contributed by atoms with Crippen LogP contribution in [0.1, 0.15) is 30.6 Å². The number of carbonyl (C=O) groups excluding carboxylic acids is 2. The summed E-state index contributed by atoms with van der Waals surface area (Å²) >= 11 is 1.72. The lowest BCUT2D eigenvalue weighted by Gasteiger charge is -2.28. The minimum absolute atomic E-state index is 0.0187. The van der Waals surface area contributed by atoms with Gasteiger partial charge in [-0.3, -0.25) is 14.3 Å². The van der Waals surface area contributed by atoms with Crippen LogP contribution in [0.3, 0.4) is 0 Å². The third-order valence-electron chi connectivity index (χ3n) is 4.35. The van der Waals surface area contributed by atoms with Crippen molar-refractivity contribution < 1.29 is 9.59 Å². The molecule has 3 rings (SSSR count). The van der Waals surface area contributed by atoms with E-state index in [2.05, 4.69) is 27.2 Å². The van der Waals surface area contributed by atoms with E-state index in [9.17, 15) is 9.59 Å². The van der Waals surface area contributed by atoms with Gasteiger partial charge < -0.3 is 10.6 Å². The average molecular weight is 332 g/mol. The normalized spacial score (nSPS) is 16.2. The quantitative estimate of drug-likeness (QED) is 0.841. The Morgan fingerprint density at radius 1 is 1.30 bits per heavy atom. The van der Waals surface area contributed by atoms with Gasteiger partial charge in [0, 0.05) is 36.1 Å². The zero-order valence-electron chi connectivity index (χ0n) is 13.0. The molecule has 7 heteroatoms. The molecular formula is C16H20N4O2S. The van der Waals surface area contributed by atoms with Crippen molar-refractivity contribution in [1.29, 1.82) is 0 Å². The Bertz CT molecular complexity index is 687. The molecule has 1 saturated carbocycles. The number of hydrogen-bond acceptors (Lipinski definition) is 4. The number of hydrogen-bond donors (Lipinski definition) is 2. The Labute approximate surface area is 138 Å². The SMILES string of the molecule is Cn1ccc(NC(=O)C(=O)NCC2(c3cccs3)CCCC2)n1. The lowest BCUT2D eigenvalue weighted by Crippen LogP contribution is -2.43. The zero-order valence-corrected chi connectivity index (χ0v) is 13.9. The molecule has 0 spiro atoms. The Morgan fingerprint density at radius 3 is 2.70 bits per heavy atom. The number of rotatable bonds is 4. The summed E-state index contributed by atoms with van der Waals surface area (Å²) in [7, 11) is 1.75. The van der Waals surface area contributed by atoms with Crippen LogP contribution < -0.4 is 10.6 Å². The molecule has 2 N–H and O–H groups in total. The van der Waals surface area contributed by atoms with Gasteiger partial charge in [0.05, 0.1) is 0 Å². The molecule has 0 bridgehead atoms. The van der Waals surface area contributed by atoms with Gasteiger partial charge in [-0.05, 0) is 24.3 Å². The molecule has 1 aliphatic rings. The summed E-state index contributed by atoms with van der Waals surface area (Å²) in [4.78, 5) is 25.3. The highest BCUT2D eigenvalue weighted by Crippen LogP contribution is 2.42. The van der Waals surface area contributed by atoms with Crippen molar-refractivity contribution >= 4 is 29.0 Å². The monoisotopic (exact) mass is 332 g/mol. The van der Waals surface area contributed by atoms with E-state index < -0.39 is 11.8 Å². The number of aryl methyl sites for hydroxylation is 1. The van der Waals surface area contributed by atoms with Crippen molar-refractivity contribution in [2.45, 2.75) is 31.1 Å². The van der Waals surface area contributed by atoms with Crippen LogP contribution in [0, 0.1) is 0 Å². The maximum atomic E-state index is 12.1. The molecular weight excluding hydrogens is 312 g/mol. The number of thiophene rings is 1. The summed E-state index contributed by atoms with van der Waals surface area (Å²) in [6.07, 6.45) is 6.13. The molecule has 122 valence electrons. The van der Waals surface area contributed by atoms with Crippen LogP contribution in [0.15, 0.2) is 29.8 Å². The zero-order chi connectivity index (χ0) is 16.3. The van der Waals surface area contributed by atoms with Crippen molar-refractivity contribution in [2.24, 2.45) is 7.05 Å². The van der Waals surface area contributed by atoms with Gasteiger partial charge in [0.1, 0.15) is 0 Å². The predicted octanol–water partition coefficient (Wildman–Crippen LogP) is 2.05. The second-order valence-electron chi connectivity index (χ2n) is 5.98. The first-order valence-electron chi connectivity index (χ1n) is 7.72. The van der Waals surface area contributed by atoms with Gasteiger partial charge >= 0.3 is 11.8 Å². The maximum Gasteiger partial charge on any atom is 0.314 e. The fourth-order valence-corrected chi connectivity index (χ4v) is 4.11. The Hall–Kier alpha value is -2.15. The summed E-state index contributed by atoms with van der Waals surface area (Å²) in [6.45, 7) is 0.502. The number of carbonyl (C=O) groups is 2. The van der Waals surface area contributed by atoms with Crippen molar-refractivity contribution in [3.05, 3.63) is 34.7 Å². The van der Waals surface area contributed by atoms with Crippen LogP contribution in [0.5, 0.6) is 0 Å². The molecule has 0 atom stereocenters. The van der Waals surface area contributed by atoms with Crippen LogP contribution in [0.2, 0.25) is 0 Å². The van der Waals surface area contributed by atoms with Crippen molar-refractivity contribution in [2.75, 3.05) is 11.9 Å². The highest BCUT2D eigenvalue weighted by Gasteiger charge is 2.37. The van der Waals surface area contributed by atoms with E-state index in [4.69, 9.17) is 0 Å². The van der Waals surface area contributed by atoms with Crippen LogP contribution in [-0.2, 0) is 22.1 Å². The minimum atomic E-state index is -0.678. The smallest absolute Gasteiger partial charge is 0.314 e. The summed E-state index contributed by atoms with van der Waals surface area (Å²) in [5.41, 5.74) is -0.0187. The van der Waals surface area contributed by atoms with Gasteiger partial charge in [0.25, 0.3) is 0 Å². The fourth-order valence-electron chi connectivity index (χ4n) is 3.13. The number of nitrogens with zero attached hydrogens (tertiary/aromatic N) is 2. The van der Waals surface area contributed by atoms with Gasteiger partial charge in [-0.25, -0.2) is 0 Å². The lowest BCUT2D eigenvalue weighted by atomic mass is 9.84.